The Kier molecular flexibility index (Phi) is 5.02. The molecule has 0 fully saturated rings. The van der Waals surface area contributed by atoms with E-state index in [1.807, 2.05) is 0 Å². The standard InChI is InChI=1S/C16H9Cl2F3O2/c17-14-10(4-8-13(23)15(14)18)3-7-12(22)9-1-5-11(6-2-9)16(19,20)21/h1-8,23H. The van der Waals surface area contributed by atoms with Crippen molar-refractivity contribution in [1.29, 1.82) is 0 Å². The van der Waals surface area contributed by atoms with E-state index in [0.29, 0.717) is 5.56 Å². The molecular formula is C16H9Cl2F3O2. The number of hydrogen-bond acceptors (Lipinski definition) is 2. The summed E-state index contributed by atoms with van der Waals surface area (Å²) in [6.45, 7) is 0. The quantitative estimate of drug-likeness (QED) is 0.570. The summed E-state index contributed by atoms with van der Waals surface area (Å²) in [5.74, 6) is -0.679. The summed E-state index contributed by atoms with van der Waals surface area (Å²) in [5.41, 5.74) is -0.323. The third kappa shape index (κ3) is 4.06. The van der Waals surface area contributed by atoms with Crippen LogP contribution in [0.25, 0.3) is 6.08 Å². The molecule has 120 valence electrons. The highest BCUT2D eigenvalue weighted by Gasteiger charge is 2.30. The maximum Gasteiger partial charge on any atom is 0.416 e. The lowest BCUT2D eigenvalue weighted by Gasteiger charge is -2.06. The van der Waals surface area contributed by atoms with Crippen LogP contribution in [0.4, 0.5) is 13.2 Å². The van der Waals surface area contributed by atoms with Gasteiger partial charge < -0.3 is 5.11 Å². The number of hydrogen-bond donors (Lipinski definition) is 1. The van der Waals surface area contributed by atoms with Gasteiger partial charge in [-0.2, -0.15) is 13.2 Å². The summed E-state index contributed by atoms with van der Waals surface area (Å²) < 4.78 is 37.4. The Labute approximate surface area is 139 Å². The van der Waals surface area contributed by atoms with E-state index in [0.717, 1.165) is 30.3 Å². The minimum absolute atomic E-state index is 0.0456. The predicted octanol–water partition coefficient (Wildman–Crippen LogP) is 5.61. The van der Waals surface area contributed by atoms with E-state index in [1.165, 1.54) is 18.2 Å². The monoisotopic (exact) mass is 360 g/mol. The summed E-state index contributed by atoms with van der Waals surface area (Å²) in [5, 5.41) is 9.40. The van der Waals surface area contributed by atoms with E-state index in [2.05, 4.69) is 0 Å². The summed E-state index contributed by atoms with van der Waals surface area (Å²) >= 11 is 11.7. The average Bonchev–Trinajstić information content (AvgIpc) is 2.51. The maximum absolute atomic E-state index is 12.5. The van der Waals surface area contributed by atoms with Crippen LogP contribution in [0.2, 0.25) is 10.0 Å². The smallest absolute Gasteiger partial charge is 0.416 e. The van der Waals surface area contributed by atoms with Gasteiger partial charge in [0.05, 0.1) is 10.6 Å². The Morgan fingerprint density at radius 2 is 1.61 bits per heavy atom. The minimum Gasteiger partial charge on any atom is -0.506 e. The summed E-state index contributed by atoms with van der Waals surface area (Å²) in [7, 11) is 0. The molecule has 1 N–H and O–H groups in total. The predicted molar refractivity (Wildman–Crippen MR) is 82.9 cm³/mol. The molecule has 0 aromatic heterocycles. The SMILES string of the molecule is O=C(C=Cc1ccc(O)c(Cl)c1Cl)c1ccc(C(F)(F)F)cc1. The Morgan fingerprint density at radius 1 is 1.00 bits per heavy atom. The van der Waals surface area contributed by atoms with Crippen LogP contribution in [0.15, 0.2) is 42.5 Å². The molecule has 0 heterocycles. The second-order valence-corrected chi connectivity index (χ2v) is 5.33. The first kappa shape index (κ1) is 17.4. The molecule has 2 nitrogen and oxygen atoms in total. The molecule has 0 spiro atoms. The van der Waals surface area contributed by atoms with Crippen LogP contribution >= 0.6 is 23.2 Å². The fraction of sp³-hybridized carbons (Fsp3) is 0.0625. The molecule has 0 atom stereocenters. The van der Waals surface area contributed by atoms with E-state index < -0.39 is 17.5 Å². The number of rotatable bonds is 3. The van der Waals surface area contributed by atoms with Gasteiger partial charge in [-0.3, -0.25) is 4.79 Å². The molecule has 0 amide bonds. The number of alkyl halides is 3. The zero-order valence-electron chi connectivity index (χ0n) is 11.4. The number of halogens is 5. The molecule has 0 bridgehead atoms. The van der Waals surface area contributed by atoms with E-state index in [9.17, 15) is 23.1 Å². The van der Waals surface area contributed by atoms with Crippen LogP contribution in [-0.4, -0.2) is 10.9 Å². The van der Waals surface area contributed by atoms with Crippen LogP contribution in [-0.2, 0) is 6.18 Å². The Morgan fingerprint density at radius 3 is 2.17 bits per heavy atom. The van der Waals surface area contributed by atoms with Gasteiger partial charge in [0, 0.05) is 5.56 Å². The van der Waals surface area contributed by atoms with Crippen molar-refractivity contribution in [1.82, 2.24) is 0 Å². The maximum atomic E-state index is 12.5. The van der Waals surface area contributed by atoms with E-state index >= 15 is 0 Å². The minimum atomic E-state index is -4.45. The molecule has 7 heteroatoms. The number of benzene rings is 2. The van der Waals surface area contributed by atoms with Gasteiger partial charge in [-0.15, -0.1) is 0 Å². The second kappa shape index (κ2) is 6.64. The van der Waals surface area contributed by atoms with Crippen molar-refractivity contribution < 1.29 is 23.1 Å². The van der Waals surface area contributed by atoms with Crippen LogP contribution < -0.4 is 0 Å². The Hall–Kier alpha value is -1.98. The molecule has 2 aromatic rings. The van der Waals surface area contributed by atoms with Gasteiger partial charge in [0.2, 0.25) is 0 Å². The fourth-order valence-electron chi connectivity index (χ4n) is 1.77. The lowest BCUT2D eigenvalue weighted by atomic mass is 10.1. The van der Waals surface area contributed by atoms with Crippen molar-refractivity contribution in [2.24, 2.45) is 0 Å². The van der Waals surface area contributed by atoms with E-state index in [1.54, 1.807) is 0 Å². The van der Waals surface area contributed by atoms with Gasteiger partial charge in [-0.1, -0.05) is 35.3 Å². The zero-order chi connectivity index (χ0) is 17.2. The summed E-state index contributed by atoms with van der Waals surface area (Å²) in [6.07, 6.45) is -1.92. The molecule has 0 aliphatic rings. The number of aromatic hydroxyl groups is 1. The van der Waals surface area contributed by atoms with Crippen LogP contribution in [0.3, 0.4) is 0 Å². The average molecular weight is 361 g/mol. The molecule has 0 saturated carbocycles. The summed E-state index contributed by atoms with van der Waals surface area (Å²) in [4.78, 5) is 11.9. The molecule has 23 heavy (non-hydrogen) atoms. The van der Waals surface area contributed by atoms with Crippen molar-refractivity contribution >= 4 is 35.1 Å². The largest absolute Gasteiger partial charge is 0.506 e. The number of carbonyl (C=O) groups is 1. The second-order valence-electron chi connectivity index (χ2n) is 4.57. The zero-order valence-corrected chi connectivity index (χ0v) is 12.9. The third-order valence-electron chi connectivity index (χ3n) is 3.00. The topological polar surface area (TPSA) is 37.3 Å². The molecule has 0 saturated heterocycles. The van der Waals surface area contributed by atoms with Crippen molar-refractivity contribution in [2.75, 3.05) is 0 Å². The Bertz CT molecular complexity index is 766. The van der Waals surface area contributed by atoms with Gasteiger partial charge in [0.25, 0.3) is 0 Å². The van der Waals surface area contributed by atoms with E-state index in [-0.39, 0.29) is 21.4 Å². The fourth-order valence-corrected chi connectivity index (χ4v) is 2.16. The van der Waals surface area contributed by atoms with Crippen LogP contribution in [0.1, 0.15) is 21.5 Å². The molecule has 2 aromatic carbocycles. The normalized spacial score (nSPS) is 11.9. The van der Waals surface area contributed by atoms with Gasteiger partial charge in [0.15, 0.2) is 5.78 Å². The Balaban J connectivity index is 2.21. The first-order valence-corrected chi connectivity index (χ1v) is 7.02. The lowest BCUT2D eigenvalue weighted by molar-refractivity contribution is -0.137. The first-order chi connectivity index (χ1) is 10.7. The molecule has 0 aliphatic heterocycles. The highest BCUT2D eigenvalue weighted by Crippen LogP contribution is 2.34. The lowest BCUT2D eigenvalue weighted by Crippen LogP contribution is -2.05. The van der Waals surface area contributed by atoms with Crippen molar-refractivity contribution in [3.8, 4) is 5.75 Å². The molecule has 0 aliphatic carbocycles. The highest BCUT2D eigenvalue weighted by molar-refractivity contribution is 6.43. The van der Waals surface area contributed by atoms with Crippen molar-refractivity contribution in [2.45, 2.75) is 6.18 Å². The molecular weight excluding hydrogens is 352 g/mol. The number of carbonyl (C=O) groups excluding carboxylic acids is 1. The number of ketones is 1. The van der Waals surface area contributed by atoms with E-state index in [4.69, 9.17) is 23.2 Å². The van der Waals surface area contributed by atoms with Crippen LogP contribution in [0.5, 0.6) is 5.75 Å². The number of phenols is 1. The van der Waals surface area contributed by atoms with Gasteiger partial charge in [-0.05, 0) is 42.0 Å². The molecule has 0 radical (unpaired) electrons. The van der Waals surface area contributed by atoms with Crippen molar-refractivity contribution in [3.63, 3.8) is 0 Å². The summed E-state index contributed by atoms with van der Waals surface area (Å²) in [6, 6.07) is 6.65. The van der Waals surface area contributed by atoms with Crippen LogP contribution in [0, 0.1) is 0 Å². The van der Waals surface area contributed by atoms with Gasteiger partial charge in [-0.25, -0.2) is 0 Å². The highest BCUT2D eigenvalue weighted by atomic mass is 35.5. The first-order valence-electron chi connectivity index (χ1n) is 6.27. The number of allylic oxidation sites excluding steroid dienone is 1. The number of phenolic OH excluding ortho intramolecular Hbond substituents is 1. The third-order valence-corrected chi connectivity index (χ3v) is 3.89. The molecule has 2 rings (SSSR count). The van der Waals surface area contributed by atoms with Crippen molar-refractivity contribution in [3.05, 3.63) is 69.2 Å². The van der Waals surface area contributed by atoms with Gasteiger partial charge >= 0.3 is 6.18 Å². The van der Waals surface area contributed by atoms with Gasteiger partial charge in [0.1, 0.15) is 10.8 Å². The molecule has 0 unspecified atom stereocenters.